The lowest BCUT2D eigenvalue weighted by Gasteiger charge is -2.29. The maximum atomic E-state index is 12.7. The summed E-state index contributed by atoms with van der Waals surface area (Å²) in [5, 5.41) is 5.60. The molecule has 7 nitrogen and oxygen atoms in total. The second kappa shape index (κ2) is 10.6. The molecule has 0 unspecified atom stereocenters. The van der Waals surface area contributed by atoms with Crippen LogP contribution in [-0.4, -0.2) is 36.5 Å². The van der Waals surface area contributed by atoms with E-state index in [4.69, 9.17) is 9.15 Å². The summed E-state index contributed by atoms with van der Waals surface area (Å²) in [6, 6.07) is 11.6. The predicted octanol–water partition coefficient (Wildman–Crippen LogP) is 2.86. The summed E-state index contributed by atoms with van der Waals surface area (Å²) in [6.45, 7) is 1.75. The summed E-state index contributed by atoms with van der Waals surface area (Å²) in [7, 11) is 0. The topological polar surface area (TPSA) is 97.6 Å². The van der Waals surface area contributed by atoms with Gasteiger partial charge in [-0.3, -0.25) is 9.59 Å². The Kier molecular flexibility index (Phi) is 7.65. The van der Waals surface area contributed by atoms with Crippen LogP contribution >= 0.6 is 0 Å². The van der Waals surface area contributed by atoms with E-state index in [1.165, 1.54) is 18.8 Å². The van der Waals surface area contributed by atoms with Crippen molar-refractivity contribution in [3.05, 3.63) is 60.1 Å². The zero-order valence-electron chi connectivity index (χ0n) is 17.1. The number of nitrogens with one attached hydrogen (secondary N) is 2. The van der Waals surface area contributed by atoms with Gasteiger partial charge in [0, 0.05) is 12.5 Å². The van der Waals surface area contributed by atoms with E-state index in [9.17, 15) is 14.4 Å². The van der Waals surface area contributed by atoms with Crippen molar-refractivity contribution in [2.45, 2.75) is 51.1 Å². The number of carbonyl (C=O) groups is 3. The number of esters is 1. The highest BCUT2D eigenvalue weighted by molar-refractivity contribution is 5.94. The Hall–Kier alpha value is -3.09. The fourth-order valence-corrected chi connectivity index (χ4v) is 3.70. The van der Waals surface area contributed by atoms with E-state index in [1.54, 1.807) is 6.07 Å². The molecule has 160 valence electrons. The quantitative estimate of drug-likeness (QED) is 0.650. The molecular formula is C23H28N2O5. The molecule has 1 fully saturated rings. The molecule has 0 saturated heterocycles. The van der Waals surface area contributed by atoms with E-state index in [0.29, 0.717) is 5.92 Å². The molecule has 2 N–H and O–H groups in total. The van der Waals surface area contributed by atoms with Crippen molar-refractivity contribution < 1.29 is 23.5 Å². The van der Waals surface area contributed by atoms with Crippen molar-refractivity contribution in [1.82, 2.24) is 10.6 Å². The van der Waals surface area contributed by atoms with E-state index in [1.807, 2.05) is 30.3 Å². The molecular weight excluding hydrogens is 384 g/mol. The van der Waals surface area contributed by atoms with Crippen molar-refractivity contribution >= 4 is 17.8 Å². The Morgan fingerprint density at radius 2 is 1.87 bits per heavy atom. The van der Waals surface area contributed by atoms with E-state index < -0.39 is 17.9 Å². The second-order valence-corrected chi connectivity index (χ2v) is 7.74. The molecule has 3 rings (SSSR count). The summed E-state index contributed by atoms with van der Waals surface area (Å²) in [5.74, 6) is -0.983. The Morgan fingerprint density at radius 3 is 2.57 bits per heavy atom. The molecule has 30 heavy (non-hydrogen) atoms. The normalized spacial score (nSPS) is 19.5. The van der Waals surface area contributed by atoms with Gasteiger partial charge < -0.3 is 19.8 Å². The number of ether oxygens (including phenoxy) is 1. The van der Waals surface area contributed by atoms with Gasteiger partial charge >= 0.3 is 5.97 Å². The standard InChI is InChI=1S/C23H28N2O5/c1-16-8-5-6-11-18(16)24-21(26)15-30-23(28)19(14-17-9-3-2-4-10-17)25-22(27)20-12-7-13-29-20/h2-4,7,9-10,12-13,16,18-19H,5-6,8,11,14-15H2,1H3,(H,24,26)(H,25,27)/t16-,18-,19+/m1/s1. The molecule has 1 aliphatic rings. The van der Waals surface area contributed by atoms with Gasteiger partial charge in [0.25, 0.3) is 11.8 Å². The zero-order chi connectivity index (χ0) is 21.3. The number of amides is 2. The van der Waals surface area contributed by atoms with Crippen LogP contribution in [0.25, 0.3) is 0 Å². The average Bonchev–Trinajstić information content (AvgIpc) is 3.29. The van der Waals surface area contributed by atoms with Gasteiger partial charge in [0.05, 0.1) is 6.26 Å². The van der Waals surface area contributed by atoms with Crippen LogP contribution < -0.4 is 10.6 Å². The molecule has 1 aromatic carbocycles. The number of hydrogen-bond donors (Lipinski definition) is 2. The number of rotatable bonds is 8. The molecule has 2 aromatic rings. The van der Waals surface area contributed by atoms with Crippen LogP contribution in [0.2, 0.25) is 0 Å². The van der Waals surface area contributed by atoms with Crippen LogP contribution in [0.4, 0.5) is 0 Å². The maximum absolute atomic E-state index is 12.7. The van der Waals surface area contributed by atoms with Gasteiger partial charge in [-0.2, -0.15) is 0 Å². The predicted molar refractivity (Wildman–Crippen MR) is 111 cm³/mol. The molecule has 3 atom stereocenters. The molecule has 0 bridgehead atoms. The molecule has 1 saturated carbocycles. The first-order valence-electron chi connectivity index (χ1n) is 10.4. The minimum atomic E-state index is -0.939. The molecule has 0 aliphatic heterocycles. The third-order valence-electron chi connectivity index (χ3n) is 5.42. The second-order valence-electron chi connectivity index (χ2n) is 7.74. The van der Waals surface area contributed by atoms with Gasteiger partial charge in [0.15, 0.2) is 12.4 Å². The van der Waals surface area contributed by atoms with Crippen molar-refractivity contribution in [3.8, 4) is 0 Å². The fraction of sp³-hybridized carbons (Fsp3) is 0.435. The largest absolute Gasteiger partial charge is 0.459 e. The lowest BCUT2D eigenvalue weighted by Crippen LogP contribution is -2.46. The molecule has 1 aromatic heterocycles. The lowest BCUT2D eigenvalue weighted by atomic mass is 9.86. The van der Waals surface area contributed by atoms with Crippen LogP contribution in [0.1, 0.15) is 48.7 Å². The van der Waals surface area contributed by atoms with Gasteiger partial charge in [0.2, 0.25) is 0 Å². The molecule has 7 heteroatoms. The van der Waals surface area contributed by atoms with Gasteiger partial charge in [-0.25, -0.2) is 4.79 Å². The average molecular weight is 412 g/mol. The van der Waals surface area contributed by atoms with Crippen molar-refractivity contribution in [2.75, 3.05) is 6.61 Å². The Balaban J connectivity index is 1.58. The SMILES string of the molecule is C[C@@H]1CCCC[C@H]1NC(=O)COC(=O)[C@H](Cc1ccccc1)NC(=O)c1ccco1. The van der Waals surface area contributed by atoms with E-state index in [2.05, 4.69) is 17.6 Å². The van der Waals surface area contributed by atoms with E-state index >= 15 is 0 Å². The maximum Gasteiger partial charge on any atom is 0.329 e. The Morgan fingerprint density at radius 1 is 1.10 bits per heavy atom. The number of carbonyl (C=O) groups excluding carboxylic acids is 3. The molecule has 0 spiro atoms. The van der Waals surface area contributed by atoms with Crippen LogP contribution in [0.5, 0.6) is 0 Å². The van der Waals surface area contributed by atoms with Crippen LogP contribution in [0, 0.1) is 5.92 Å². The van der Waals surface area contributed by atoms with Gasteiger partial charge in [-0.05, 0) is 36.5 Å². The summed E-state index contributed by atoms with van der Waals surface area (Å²) in [6.07, 6.45) is 5.93. The molecule has 2 amide bonds. The molecule has 0 radical (unpaired) electrons. The number of hydrogen-bond acceptors (Lipinski definition) is 5. The van der Waals surface area contributed by atoms with Crippen molar-refractivity contribution in [3.63, 3.8) is 0 Å². The summed E-state index contributed by atoms with van der Waals surface area (Å²) in [5.41, 5.74) is 0.861. The van der Waals surface area contributed by atoms with Crippen molar-refractivity contribution in [2.24, 2.45) is 5.92 Å². The summed E-state index contributed by atoms with van der Waals surface area (Å²) < 4.78 is 10.3. The highest BCUT2D eigenvalue weighted by atomic mass is 16.5. The van der Waals surface area contributed by atoms with Crippen LogP contribution in [0.3, 0.4) is 0 Å². The third kappa shape index (κ3) is 6.20. The first kappa shape index (κ1) is 21.6. The van der Waals surface area contributed by atoms with Crippen LogP contribution in [-0.2, 0) is 20.7 Å². The molecule has 1 heterocycles. The summed E-state index contributed by atoms with van der Waals surface area (Å²) >= 11 is 0. The fourth-order valence-electron chi connectivity index (χ4n) is 3.70. The smallest absolute Gasteiger partial charge is 0.329 e. The monoisotopic (exact) mass is 412 g/mol. The highest BCUT2D eigenvalue weighted by Crippen LogP contribution is 2.23. The van der Waals surface area contributed by atoms with Gasteiger partial charge in [-0.15, -0.1) is 0 Å². The highest BCUT2D eigenvalue weighted by Gasteiger charge is 2.26. The van der Waals surface area contributed by atoms with Gasteiger partial charge in [-0.1, -0.05) is 50.1 Å². The van der Waals surface area contributed by atoms with Crippen LogP contribution in [0.15, 0.2) is 53.1 Å². The number of furan rings is 1. The Bertz CT molecular complexity index is 835. The van der Waals surface area contributed by atoms with E-state index in [0.717, 1.165) is 24.8 Å². The minimum absolute atomic E-state index is 0.102. The third-order valence-corrected chi connectivity index (χ3v) is 5.42. The zero-order valence-corrected chi connectivity index (χ0v) is 17.1. The first-order valence-corrected chi connectivity index (χ1v) is 10.4. The minimum Gasteiger partial charge on any atom is -0.459 e. The van der Waals surface area contributed by atoms with Crippen molar-refractivity contribution in [1.29, 1.82) is 0 Å². The molecule has 1 aliphatic carbocycles. The lowest BCUT2D eigenvalue weighted by molar-refractivity contribution is -0.150. The Labute approximate surface area is 176 Å². The number of benzene rings is 1. The summed E-state index contributed by atoms with van der Waals surface area (Å²) in [4.78, 5) is 37.3. The van der Waals surface area contributed by atoms with Gasteiger partial charge in [0.1, 0.15) is 6.04 Å². The van der Waals surface area contributed by atoms with E-state index in [-0.39, 0.29) is 30.7 Å². The first-order chi connectivity index (χ1) is 14.5.